The van der Waals surface area contributed by atoms with Gasteiger partial charge >= 0.3 is 0 Å². The molecule has 1 atom stereocenters. The van der Waals surface area contributed by atoms with Crippen LogP contribution in [0.3, 0.4) is 0 Å². The number of aliphatic hydroxyl groups excluding tert-OH is 1. The lowest BCUT2D eigenvalue weighted by Crippen LogP contribution is -2.57. The predicted molar refractivity (Wildman–Crippen MR) is 75.6 cm³/mol. The van der Waals surface area contributed by atoms with E-state index in [1.165, 1.54) is 0 Å². The van der Waals surface area contributed by atoms with Crippen molar-refractivity contribution < 1.29 is 14.6 Å². The monoisotopic (exact) mass is 276 g/mol. The van der Waals surface area contributed by atoms with Gasteiger partial charge in [0, 0.05) is 25.3 Å². The molecule has 1 saturated heterocycles. The van der Waals surface area contributed by atoms with Crippen molar-refractivity contribution >= 4 is 11.6 Å². The Hall–Kier alpha value is -1.59. The SMILES string of the molecule is O=C(NC1(CO)CCOCC1)[C@@H]1Cc2ccccc2N1. The summed E-state index contributed by atoms with van der Waals surface area (Å²) in [6.07, 6.45) is 2.02. The Labute approximate surface area is 118 Å². The molecule has 2 aliphatic rings. The average molecular weight is 276 g/mol. The van der Waals surface area contributed by atoms with Gasteiger partial charge in [-0.1, -0.05) is 18.2 Å². The number of para-hydroxylation sites is 1. The van der Waals surface area contributed by atoms with Crippen molar-refractivity contribution in [3.63, 3.8) is 0 Å². The summed E-state index contributed by atoms with van der Waals surface area (Å²) in [6, 6.07) is 7.71. The van der Waals surface area contributed by atoms with E-state index in [0.29, 0.717) is 32.5 Å². The van der Waals surface area contributed by atoms with Gasteiger partial charge < -0.3 is 20.5 Å². The number of rotatable bonds is 3. The molecule has 0 spiro atoms. The Morgan fingerprint density at radius 2 is 2.15 bits per heavy atom. The third-order valence-electron chi connectivity index (χ3n) is 4.23. The number of hydrogen-bond donors (Lipinski definition) is 3. The van der Waals surface area contributed by atoms with Crippen molar-refractivity contribution in [2.24, 2.45) is 0 Å². The zero-order valence-electron chi connectivity index (χ0n) is 11.4. The molecule has 3 rings (SSSR count). The zero-order chi connectivity index (χ0) is 14.0. The molecule has 0 bridgehead atoms. The van der Waals surface area contributed by atoms with E-state index < -0.39 is 5.54 Å². The molecule has 1 aromatic carbocycles. The molecule has 2 aliphatic heterocycles. The van der Waals surface area contributed by atoms with Crippen molar-refractivity contribution in [1.82, 2.24) is 5.32 Å². The lowest BCUT2D eigenvalue weighted by molar-refractivity contribution is -0.125. The molecule has 0 radical (unpaired) electrons. The minimum Gasteiger partial charge on any atom is -0.394 e. The van der Waals surface area contributed by atoms with E-state index in [1.807, 2.05) is 24.3 Å². The molecule has 0 saturated carbocycles. The molecule has 1 aromatic rings. The zero-order valence-corrected chi connectivity index (χ0v) is 11.4. The Balaban J connectivity index is 1.66. The molecule has 3 N–H and O–H groups in total. The summed E-state index contributed by atoms with van der Waals surface area (Å²) < 4.78 is 5.31. The maximum atomic E-state index is 12.4. The van der Waals surface area contributed by atoms with Crippen molar-refractivity contribution in [1.29, 1.82) is 0 Å². The van der Waals surface area contributed by atoms with Crippen LogP contribution >= 0.6 is 0 Å². The van der Waals surface area contributed by atoms with Gasteiger partial charge in [-0.2, -0.15) is 0 Å². The molecular weight excluding hydrogens is 256 g/mol. The van der Waals surface area contributed by atoms with E-state index in [9.17, 15) is 9.90 Å². The second-order valence-electron chi connectivity index (χ2n) is 5.60. The molecular formula is C15H20N2O3. The number of carbonyl (C=O) groups is 1. The highest BCUT2D eigenvalue weighted by Gasteiger charge is 2.36. The fourth-order valence-corrected chi connectivity index (χ4v) is 2.89. The Morgan fingerprint density at radius 3 is 2.85 bits per heavy atom. The van der Waals surface area contributed by atoms with Crippen LogP contribution < -0.4 is 10.6 Å². The minimum atomic E-state index is -0.522. The van der Waals surface area contributed by atoms with Gasteiger partial charge in [-0.05, 0) is 24.5 Å². The van der Waals surface area contributed by atoms with E-state index in [-0.39, 0.29) is 18.6 Å². The number of carbonyl (C=O) groups excluding carboxylic acids is 1. The molecule has 0 aliphatic carbocycles. The number of ether oxygens (including phenoxy) is 1. The van der Waals surface area contributed by atoms with Crippen molar-refractivity contribution in [3.05, 3.63) is 29.8 Å². The molecule has 2 heterocycles. The van der Waals surface area contributed by atoms with Crippen LogP contribution in [0.2, 0.25) is 0 Å². The first-order valence-corrected chi connectivity index (χ1v) is 7.07. The van der Waals surface area contributed by atoms with E-state index >= 15 is 0 Å². The first-order chi connectivity index (χ1) is 9.72. The van der Waals surface area contributed by atoms with Crippen molar-refractivity contribution in [2.75, 3.05) is 25.1 Å². The predicted octanol–water partition coefficient (Wildman–Crippen LogP) is 0.681. The van der Waals surface area contributed by atoms with Gasteiger partial charge in [0.2, 0.25) is 5.91 Å². The van der Waals surface area contributed by atoms with Crippen LogP contribution in [0.1, 0.15) is 18.4 Å². The second kappa shape index (κ2) is 5.42. The van der Waals surface area contributed by atoms with Crippen LogP contribution in [0.5, 0.6) is 0 Å². The Kier molecular flexibility index (Phi) is 3.63. The van der Waals surface area contributed by atoms with E-state index in [0.717, 1.165) is 11.3 Å². The number of nitrogens with one attached hydrogen (secondary N) is 2. The van der Waals surface area contributed by atoms with Crippen LogP contribution in [0.4, 0.5) is 5.69 Å². The molecule has 0 unspecified atom stereocenters. The number of benzene rings is 1. The van der Waals surface area contributed by atoms with Gasteiger partial charge in [0.15, 0.2) is 0 Å². The third kappa shape index (κ3) is 2.51. The molecule has 20 heavy (non-hydrogen) atoms. The van der Waals surface area contributed by atoms with Crippen LogP contribution in [-0.2, 0) is 16.0 Å². The van der Waals surface area contributed by atoms with Gasteiger partial charge in [-0.15, -0.1) is 0 Å². The third-order valence-corrected chi connectivity index (χ3v) is 4.23. The second-order valence-corrected chi connectivity index (χ2v) is 5.60. The molecule has 0 aromatic heterocycles. The maximum Gasteiger partial charge on any atom is 0.243 e. The van der Waals surface area contributed by atoms with Gasteiger partial charge in [-0.25, -0.2) is 0 Å². The molecule has 108 valence electrons. The summed E-state index contributed by atoms with van der Waals surface area (Å²) in [5.41, 5.74) is 1.67. The summed E-state index contributed by atoms with van der Waals surface area (Å²) in [7, 11) is 0. The molecule has 1 amide bonds. The molecule has 5 heteroatoms. The highest BCUT2D eigenvalue weighted by molar-refractivity contribution is 5.88. The first-order valence-electron chi connectivity index (χ1n) is 7.07. The van der Waals surface area contributed by atoms with E-state index in [1.54, 1.807) is 0 Å². The summed E-state index contributed by atoms with van der Waals surface area (Å²) in [6.45, 7) is 1.13. The topological polar surface area (TPSA) is 70.6 Å². The largest absolute Gasteiger partial charge is 0.394 e. The van der Waals surface area contributed by atoms with Crippen LogP contribution in [0.15, 0.2) is 24.3 Å². The average Bonchev–Trinajstić information content (AvgIpc) is 2.92. The summed E-state index contributed by atoms with van der Waals surface area (Å²) in [4.78, 5) is 12.4. The maximum absolute atomic E-state index is 12.4. The van der Waals surface area contributed by atoms with Crippen LogP contribution in [0.25, 0.3) is 0 Å². The van der Waals surface area contributed by atoms with Crippen LogP contribution in [-0.4, -0.2) is 42.4 Å². The Bertz CT molecular complexity index is 473. The lowest BCUT2D eigenvalue weighted by atomic mass is 9.90. The first kappa shape index (κ1) is 13.4. The smallest absolute Gasteiger partial charge is 0.243 e. The quantitative estimate of drug-likeness (QED) is 0.759. The number of fused-ring (bicyclic) bond motifs is 1. The van der Waals surface area contributed by atoms with E-state index in [2.05, 4.69) is 10.6 Å². The number of amides is 1. The van der Waals surface area contributed by atoms with Crippen molar-refractivity contribution in [3.8, 4) is 0 Å². The number of hydrogen-bond acceptors (Lipinski definition) is 4. The normalized spacial score (nSPS) is 23.8. The summed E-state index contributed by atoms with van der Waals surface area (Å²) in [5.74, 6) is -0.0443. The van der Waals surface area contributed by atoms with Gasteiger partial charge in [0.1, 0.15) is 6.04 Å². The highest BCUT2D eigenvalue weighted by atomic mass is 16.5. The number of anilines is 1. The van der Waals surface area contributed by atoms with Gasteiger partial charge in [-0.3, -0.25) is 4.79 Å². The number of aliphatic hydroxyl groups is 1. The lowest BCUT2D eigenvalue weighted by Gasteiger charge is -2.37. The Morgan fingerprint density at radius 1 is 1.40 bits per heavy atom. The summed E-state index contributed by atoms with van der Waals surface area (Å²) >= 11 is 0. The van der Waals surface area contributed by atoms with Gasteiger partial charge in [0.05, 0.1) is 12.1 Å². The molecule has 5 nitrogen and oxygen atoms in total. The van der Waals surface area contributed by atoms with Crippen LogP contribution in [0, 0.1) is 0 Å². The fraction of sp³-hybridized carbons (Fsp3) is 0.533. The van der Waals surface area contributed by atoms with E-state index in [4.69, 9.17) is 4.74 Å². The summed E-state index contributed by atoms with van der Waals surface area (Å²) in [5, 5.41) is 15.9. The minimum absolute atomic E-state index is 0.0399. The van der Waals surface area contributed by atoms with Gasteiger partial charge in [0.25, 0.3) is 0 Å². The highest BCUT2D eigenvalue weighted by Crippen LogP contribution is 2.26. The van der Waals surface area contributed by atoms with Crippen molar-refractivity contribution in [2.45, 2.75) is 30.8 Å². The molecule has 1 fully saturated rings. The fourth-order valence-electron chi connectivity index (χ4n) is 2.89. The standard InChI is InChI=1S/C15H20N2O3/c18-10-15(5-7-20-8-6-15)17-14(19)13-9-11-3-1-2-4-12(11)16-13/h1-4,13,16,18H,5-10H2,(H,17,19)/t13-/m0/s1.